The second kappa shape index (κ2) is 8.91. The summed E-state index contributed by atoms with van der Waals surface area (Å²) in [6.45, 7) is 1.96. The second-order valence-corrected chi connectivity index (χ2v) is 7.03. The van der Waals surface area contributed by atoms with E-state index < -0.39 is 18.3 Å². The highest BCUT2D eigenvalue weighted by Crippen LogP contribution is 2.34. The summed E-state index contributed by atoms with van der Waals surface area (Å²) < 4.78 is 4.89. The van der Waals surface area contributed by atoms with Crippen LogP contribution in [0.4, 0.5) is 16.2 Å². The summed E-state index contributed by atoms with van der Waals surface area (Å²) >= 11 is 0. The number of anilines is 2. The monoisotopic (exact) mass is 431 g/mol. The molecular weight excluding hydrogens is 410 g/mol. The van der Waals surface area contributed by atoms with E-state index in [1.807, 2.05) is 18.2 Å². The summed E-state index contributed by atoms with van der Waals surface area (Å²) in [5.41, 5.74) is 2.53. The maximum absolute atomic E-state index is 11.7. The van der Waals surface area contributed by atoms with Crippen molar-refractivity contribution in [3.05, 3.63) is 77.9 Å². The van der Waals surface area contributed by atoms with Crippen molar-refractivity contribution in [3.63, 3.8) is 0 Å². The van der Waals surface area contributed by atoms with Crippen LogP contribution in [-0.2, 0) is 4.74 Å². The number of hydrogen-bond donors (Lipinski definition) is 4. The maximum Gasteiger partial charge on any atom is 0.411 e. The van der Waals surface area contributed by atoms with Crippen LogP contribution in [0.15, 0.2) is 66.7 Å². The van der Waals surface area contributed by atoms with Gasteiger partial charge in [0.05, 0.1) is 28.9 Å². The Morgan fingerprint density at radius 1 is 1.03 bits per heavy atom. The van der Waals surface area contributed by atoms with Gasteiger partial charge in [0.15, 0.2) is 6.23 Å². The smallest absolute Gasteiger partial charge is 0.411 e. The maximum atomic E-state index is 11.7. The molecule has 0 fully saturated rings. The van der Waals surface area contributed by atoms with Gasteiger partial charge in [-0.2, -0.15) is 0 Å². The molecule has 4 rings (SSSR count). The van der Waals surface area contributed by atoms with Crippen molar-refractivity contribution in [1.82, 2.24) is 4.98 Å². The molecule has 0 radical (unpaired) electrons. The van der Waals surface area contributed by atoms with Gasteiger partial charge in [0.2, 0.25) is 0 Å². The van der Waals surface area contributed by atoms with Crippen molar-refractivity contribution < 1.29 is 24.5 Å². The minimum absolute atomic E-state index is 0.0754. The highest BCUT2D eigenvalue weighted by Gasteiger charge is 2.18. The number of rotatable bonds is 6. The van der Waals surface area contributed by atoms with Crippen LogP contribution in [-0.4, -0.2) is 33.9 Å². The molecule has 0 saturated carbocycles. The molecule has 0 aliphatic carbocycles. The first-order chi connectivity index (χ1) is 15.5. The lowest BCUT2D eigenvalue weighted by Crippen LogP contribution is -2.15. The molecule has 8 heteroatoms. The molecule has 0 aliphatic rings. The quantitative estimate of drug-likeness (QED) is 0.257. The third-order valence-electron chi connectivity index (χ3n) is 4.95. The zero-order valence-electron chi connectivity index (χ0n) is 17.2. The predicted molar refractivity (Wildman–Crippen MR) is 122 cm³/mol. The van der Waals surface area contributed by atoms with Gasteiger partial charge in [0.1, 0.15) is 0 Å². The lowest BCUT2D eigenvalue weighted by Gasteiger charge is -2.19. The van der Waals surface area contributed by atoms with Crippen LogP contribution in [0.1, 0.15) is 29.1 Å². The molecule has 162 valence electrons. The summed E-state index contributed by atoms with van der Waals surface area (Å²) in [5.74, 6) is -1.08. The average Bonchev–Trinajstić information content (AvgIpc) is 2.78. The number of ether oxygens (including phenoxy) is 1. The summed E-state index contributed by atoms with van der Waals surface area (Å²) in [7, 11) is 0. The Morgan fingerprint density at radius 2 is 1.78 bits per heavy atom. The third-order valence-corrected chi connectivity index (χ3v) is 4.95. The molecule has 0 saturated heterocycles. The van der Waals surface area contributed by atoms with E-state index in [-0.39, 0.29) is 12.2 Å². The molecule has 1 heterocycles. The van der Waals surface area contributed by atoms with E-state index in [4.69, 9.17) is 4.74 Å². The van der Waals surface area contributed by atoms with Gasteiger partial charge in [0.25, 0.3) is 0 Å². The van der Waals surface area contributed by atoms with E-state index in [9.17, 15) is 19.8 Å². The number of aromatic carboxylic acids is 1. The van der Waals surface area contributed by atoms with Crippen LogP contribution in [0, 0.1) is 0 Å². The van der Waals surface area contributed by atoms with Crippen molar-refractivity contribution in [2.75, 3.05) is 17.2 Å². The van der Waals surface area contributed by atoms with E-state index in [2.05, 4.69) is 15.6 Å². The Labute approximate surface area is 183 Å². The summed E-state index contributed by atoms with van der Waals surface area (Å²) in [5, 5.41) is 27.5. The SMILES string of the molecule is CCOC(=O)Nc1cccc(C(O)Nc2c3ccccc3nc3c(C(=O)O)cccc23)c1. The molecule has 3 aromatic carbocycles. The van der Waals surface area contributed by atoms with Gasteiger partial charge in [0, 0.05) is 22.0 Å². The van der Waals surface area contributed by atoms with Crippen LogP contribution in [0.2, 0.25) is 0 Å². The average molecular weight is 431 g/mol. The van der Waals surface area contributed by atoms with Crippen LogP contribution >= 0.6 is 0 Å². The highest BCUT2D eigenvalue weighted by atomic mass is 16.5. The summed E-state index contributed by atoms with van der Waals surface area (Å²) in [6.07, 6.45) is -1.72. The van der Waals surface area contributed by atoms with Gasteiger partial charge in [-0.1, -0.05) is 42.5 Å². The van der Waals surface area contributed by atoms with Crippen LogP contribution in [0.25, 0.3) is 21.8 Å². The Kier molecular flexibility index (Phi) is 5.87. The molecule has 0 spiro atoms. The largest absolute Gasteiger partial charge is 0.478 e. The standard InChI is InChI=1S/C24H21N3O5/c1-2-32-24(31)25-15-8-5-7-14(13-15)22(28)27-20-16-9-3-4-12-19(16)26-21-17(20)10-6-11-18(21)23(29)30/h3-13,22,28H,2H2,1H3,(H,25,31)(H,26,27)(H,29,30). The first-order valence-electron chi connectivity index (χ1n) is 10.0. The molecule has 1 aromatic heterocycles. The van der Waals surface area contributed by atoms with E-state index >= 15 is 0 Å². The Morgan fingerprint density at radius 3 is 2.56 bits per heavy atom. The van der Waals surface area contributed by atoms with Gasteiger partial charge in [-0.05, 0) is 31.2 Å². The number of carbonyl (C=O) groups is 2. The molecule has 4 aromatic rings. The molecule has 1 unspecified atom stereocenters. The molecule has 1 amide bonds. The third kappa shape index (κ3) is 4.17. The van der Waals surface area contributed by atoms with Crippen LogP contribution in [0.3, 0.4) is 0 Å². The summed E-state index contributed by atoms with van der Waals surface area (Å²) in [4.78, 5) is 28.0. The Balaban J connectivity index is 1.76. The topological polar surface area (TPSA) is 121 Å². The van der Waals surface area contributed by atoms with E-state index in [1.54, 1.807) is 49.4 Å². The zero-order chi connectivity index (χ0) is 22.7. The molecule has 32 heavy (non-hydrogen) atoms. The number of para-hydroxylation sites is 2. The molecular formula is C24H21N3O5. The number of fused-ring (bicyclic) bond motifs is 2. The number of carbonyl (C=O) groups excluding carboxylic acids is 1. The zero-order valence-corrected chi connectivity index (χ0v) is 17.2. The fraction of sp³-hybridized carbons (Fsp3) is 0.125. The van der Waals surface area contributed by atoms with Crippen LogP contribution < -0.4 is 10.6 Å². The normalized spacial score (nSPS) is 11.8. The van der Waals surface area contributed by atoms with Crippen molar-refractivity contribution in [3.8, 4) is 0 Å². The summed E-state index contributed by atoms with van der Waals surface area (Å²) in [6, 6.07) is 18.9. The van der Waals surface area contributed by atoms with Gasteiger partial charge in [-0.15, -0.1) is 0 Å². The van der Waals surface area contributed by atoms with E-state index in [0.717, 1.165) is 5.39 Å². The fourth-order valence-corrected chi connectivity index (χ4v) is 3.53. The number of carboxylic acids is 1. The Bertz CT molecular complexity index is 1320. The number of aliphatic hydroxyl groups excluding tert-OH is 1. The van der Waals surface area contributed by atoms with Gasteiger partial charge >= 0.3 is 12.1 Å². The van der Waals surface area contributed by atoms with Crippen LogP contribution in [0.5, 0.6) is 0 Å². The first-order valence-corrected chi connectivity index (χ1v) is 10.0. The minimum atomic E-state index is -1.14. The minimum Gasteiger partial charge on any atom is -0.478 e. The van der Waals surface area contributed by atoms with E-state index in [0.29, 0.717) is 33.4 Å². The van der Waals surface area contributed by atoms with Crippen molar-refractivity contribution in [2.45, 2.75) is 13.2 Å². The number of carboxylic acid groups (broad SMARTS) is 1. The highest BCUT2D eigenvalue weighted by molar-refractivity contribution is 6.12. The number of amides is 1. The second-order valence-electron chi connectivity index (χ2n) is 7.03. The van der Waals surface area contributed by atoms with E-state index in [1.165, 1.54) is 6.07 Å². The Hall–Kier alpha value is -4.17. The lowest BCUT2D eigenvalue weighted by atomic mass is 10.0. The number of hydrogen-bond acceptors (Lipinski definition) is 6. The number of pyridine rings is 1. The van der Waals surface area contributed by atoms with Gasteiger partial charge < -0.3 is 20.3 Å². The van der Waals surface area contributed by atoms with Gasteiger partial charge in [-0.3, -0.25) is 5.32 Å². The molecule has 8 nitrogen and oxygen atoms in total. The number of aromatic nitrogens is 1. The van der Waals surface area contributed by atoms with Crippen molar-refractivity contribution in [1.29, 1.82) is 0 Å². The van der Waals surface area contributed by atoms with Crippen molar-refractivity contribution >= 4 is 45.2 Å². The number of benzene rings is 3. The number of nitrogens with zero attached hydrogens (tertiary/aromatic N) is 1. The molecule has 4 N–H and O–H groups in total. The predicted octanol–water partition coefficient (Wildman–Crippen LogP) is 4.76. The first kappa shape index (κ1) is 21.1. The lowest BCUT2D eigenvalue weighted by molar-refractivity contribution is 0.0698. The fourth-order valence-electron chi connectivity index (χ4n) is 3.53. The molecule has 0 aliphatic heterocycles. The van der Waals surface area contributed by atoms with Crippen molar-refractivity contribution in [2.24, 2.45) is 0 Å². The van der Waals surface area contributed by atoms with Gasteiger partial charge in [-0.25, -0.2) is 14.6 Å². The number of nitrogens with one attached hydrogen (secondary N) is 2. The number of aliphatic hydroxyl groups is 1. The molecule has 1 atom stereocenters. The molecule has 0 bridgehead atoms.